The molecule has 6 heteroatoms. The highest BCUT2D eigenvalue weighted by molar-refractivity contribution is 5.75. The highest BCUT2D eigenvalue weighted by Gasteiger charge is 2.49. The molecule has 2 aliphatic rings. The molecule has 0 radical (unpaired) electrons. The van der Waals surface area contributed by atoms with Gasteiger partial charge in [-0.05, 0) is 24.7 Å². The van der Waals surface area contributed by atoms with Crippen molar-refractivity contribution < 1.29 is 29.2 Å². The highest BCUT2D eigenvalue weighted by Crippen LogP contribution is 2.48. The summed E-state index contributed by atoms with van der Waals surface area (Å²) in [5.74, 6) is -0.634. The van der Waals surface area contributed by atoms with Gasteiger partial charge in [-0.2, -0.15) is 0 Å². The Bertz CT molecular complexity index is 432. The first-order valence-corrected chi connectivity index (χ1v) is 7.86. The molecule has 2 rings (SSSR count). The predicted octanol–water partition coefficient (Wildman–Crippen LogP) is 2.05. The Labute approximate surface area is 130 Å². The minimum Gasteiger partial charge on any atom is -0.462 e. The van der Waals surface area contributed by atoms with Crippen molar-refractivity contribution in [2.45, 2.75) is 26.7 Å². The molecule has 22 heavy (non-hydrogen) atoms. The SMILES string of the molecule is CCC(C)C(=O)OCCOC(=O)C1C2C=CC(C2)C1COO. The first kappa shape index (κ1) is 17.0. The summed E-state index contributed by atoms with van der Waals surface area (Å²) in [6, 6.07) is 0. The number of rotatable bonds is 8. The summed E-state index contributed by atoms with van der Waals surface area (Å²) < 4.78 is 10.3. The normalized spacial score (nSPS) is 30.3. The van der Waals surface area contributed by atoms with Gasteiger partial charge in [0.1, 0.15) is 13.2 Å². The van der Waals surface area contributed by atoms with E-state index in [0.29, 0.717) is 0 Å². The van der Waals surface area contributed by atoms with Crippen LogP contribution in [0.3, 0.4) is 0 Å². The zero-order chi connectivity index (χ0) is 16.1. The third-order valence-electron chi connectivity index (χ3n) is 4.75. The average Bonchev–Trinajstić information content (AvgIpc) is 3.11. The van der Waals surface area contributed by atoms with E-state index in [0.717, 1.165) is 12.8 Å². The minimum atomic E-state index is -0.307. The predicted molar refractivity (Wildman–Crippen MR) is 77.7 cm³/mol. The lowest BCUT2D eigenvalue weighted by Crippen LogP contribution is -2.32. The zero-order valence-corrected chi connectivity index (χ0v) is 13.1. The standard InChI is InChI=1S/C16H24O6/c1-3-10(2)15(17)20-6-7-21-16(18)14-12-5-4-11(8-12)13(14)9-22-19/h4-5,10-14,19H,3,6-9H2,1-2H3. The fourth-order valence-corrected chi connectivity index (χ4v) is 3.28. The van der Waals surface area contributed by atoms with Crippen molar-refractivity contribution in [1.82, 2.24) is 0 Å². The second kappa shape index (κ2) is 7.74. The number of hydrogen-bond donors (Lipinski definition) is 1. The summed E-state index contributed by atoms with van der Waals surface area (Å²) in [7, 11) is 0. The Morgan fingerprint density at radius 3 is 2.59 bits per heavy atom. The van der Waals surface area contributed by atoms with Crippen LogP contribution in [0.2, 0.25) is 0 Å². The Kier molecular flexibility index (Phi) is 5.97. The fourth-order valence-electron chi connectivity index (χ4n) is 3.28. The van der Waals surface area contributed by atoms with Crippen LogP contribution in [0.1, 0.15) is 26.7 Å². The number of carbonyl (C=O) groups is 2. The maximum atomic E-state index is 12.2. The number of allylic oxidation sites excluding steroid dienone is 2. The molecule has 0 heterocycles. The van der Waals surface area contributed by atoms with E-state index in [1.165, 1.54) is 0 Å². The molecule has 0 aromatic carbocycles. The lowest BCUT2D eigenvalue weighted by atomic mass is 9.83. The number of carbonyl (C=O) groups excluding carboxylic acids is 2. The molecule has 0 amide bonds. The molecular weight excluding hydrogens is 288 g/mol. The maximum Gasteiger partial charge on any atom is 0.310 e. The number of ether oxygens (including phenoxy) is 2. The summed E-state index contributed by atoms with van der Waals surface area (Å²) >= 11 is 0. The van der Waals surface area contributed by atoms with E-state index in [1.54, 1.807) is 6.92 Å². The van der Waals surface area contributed by atoms with Crippen molar-refractivity contribution in [2.24, 2.45) is 29.6 Å². The molecule has 124 valence electrons. The van der Waals surface area contributed by atoms with Gasteiger partial charge in [-0.15, -0.1) is 0 Å². The largest absolute Gasteiger partial charge is 0.462 e. The van der Waals surface area contributed by atoms with Crippen molar-refractivity contribution in [1.29, 1.82) is 0 Å². The second-order valence-electron chi connectivity index (χ2n) is 6.08. The van der Waals surface area contributed by atoms with E-state index in [9.17, 15) is 9.59 Å². The van der Waals surface area contributed by atoms with Gasteiger partial charge in [0.05, 0.1) is 18.4 Å². The first-order valence-electron chi connectivity index (χ1n) is 7.86. The van der Waals surface area contributed by atoms with Crippen LogP contribution in [0.4, 0.5) is 0 Å². The quantitative estimate of drug-likeness (QED) is 0.243. The van der Waals surface area contributed by atoms with Gasteiger partial charge in [0.15, 0.2) is 0 Å². The van der Waals surface area contributed by atoms with Gasteiger partial charge in [-0.1, -0.05) is 26.0 Å². The topological polar surface area (TPSA) is 82.1 Å². The van der Waals surface area contributed by atoms with Gasteiger partial charge in [-0.3, -0.25) is 14.8 Å². The van der Waals surface area contributed by atoms with Crippen LogP contribution in [0.15, 0.2) is 12.2 Å². The van der Waals surface area contributed by atoms with Crippen molar-refractivity contribution in [2.75, 3.05) is 19.8 Å². The van der Waals surface area contributed by atoms with Crippen LogP contribution in [0.5, 0.6) is 0 Å². The molecule has 0 aromatic rings. The maximum absolute atomic E-state index is 12.2. The molecule has 2 bridgehead atoms. The monoisotopic (exact) mass is 312 g/mol. The molecule has 0 spiro atoms. The molecule has 5 unspecified atom stereocenters. The van der Waals surface area contributed by atoms with Crippen LogP contribution in [0, 0.1) is 29.6 Å². The molecule has 1 N–H and O–H groups in total. The van der Waals surface area contributed by atoms with E-state index in [-0.39, 0.29) is 61.3 Å². The minimum absolute atomic E-state index is 0.0461. The van der Waals surface area contributed by atoms with E-state index in [4.69, 9.17) is 14.7 Å². The van der Waals surface area contributed by atoms with Gasteiger partial charge < -0.3 is 9.47 Å². The number of fused-ring (bicyclic) bond motifs is 2. The summed E-state index contributed by atoms with van der Waals surface area (Å²) in [6.07, 6.45) is 5.73. The van der Waals surface area contributed by atoms with Gasteiger partial charge in [0, 0.05) is 5.92 Å². The van der Waals surface area contributed by atoms with E-state index < -0.39 is 0 Å². The van der Waals surface area contributed by atoms with Crippen LogP contribution < -0.4 is 0 Å². The molecule has 6 nitrogen and oxygen atoms in total. The van der Waals surface area contributed by atoms with Crippen molar-refractivity contribution in [3.8, 4) is 0 Å². The Hall–Kier alpha value is -1.40. The smallest absolute Gasteiger partial charge is 0.310 e. The van der Waals surface area contributed by atoms with E-state index in [1.807, 2.05) is 13.0 Å². The van der Waals surface area contributed by atoms with E-state index >= 15 is 0 Å². The third kappa shape index (κ3) is 3.67. The first-order chi connectivity index (χ1) is 10.6. The van der Waals surface area contributed by atoms with Crippen molar-refractivity contribution in [3.05, 3.63) is 12.2 Å². The van der Waals surface area contributed by atoms with E-state index in [2.05, 4.69) is 11.0 Å². The van der Waals surface area contributed by atoms with Gasteiger partial charge in [0.2, 0.25) is 0 Å². The van der Waals surface area contributed by atoms with Gasteiger partial charge >= 0.3 is 11.9 Å². The van der Waals surface area contributed by atoms with Crippen molar-refractivity contribution >= 4 is 11.9 Å². The molecule has 2 aliphatic carbocycles. The summed E-state index contributed by atoms with van der Waals surface area (Å²) in [4.78, 5) is 28.0. The van der Waals surface area contributed by atoms with Crippen LogP contribution in [-0.2, 0) is 24.0 Å². The third-order valence-corrected chi connectivity index (χ3v) is 4.75. The van der Waals surface area contributed by atoms with Crippen LogP contribution in [0.25, 0.3) is 0 Å². The Morgan fingerprint density at radius 1 is 1.23 bits per heavy atom. The average molecular weight is 312 g/mol. The molecule has 0 aromatic heterocycles. The molecule has 1 saturated carbocycles. The lowest BCUT2D eigenvalue weighted by Gasteiger charge is -2.25. The zero-order valence-electron chi connectivity index (χ0n) is 13.1. The molecule has 5 atom stereocenters. The molecule has 0 saturated heterocycles. The second-order valence-corrected chi connectivity index (χ2v) is 6.08. The number of hydrogen-bond acceptors (Lipinski definition) is 6. The molecule has 1 fully saturated rings. The number of esters is 2. The Balaban J connectivity index is 1.75. The molecule has 0 aliphatic heterocycles. The summed E-state index contributed by atoms with van der Waals surface area (Å²) in [5, 5.41) is 8.67. The van der Waals surface area contributed by atoms with Crippen LogP contribution >= 0.6 is 0 Å². The van der Waals surface area contributed by atoms with Gasteiger partial charge in [-0.25, -0.2) is 4.89 Å². The highest BCUT2D eigenvalue weighted by atomic mass is 17.1. The van der Waals surface area contributed by atoms with Crippen LogP contribution in [-0.4, -0.2) is 37.0 Å². The molecular formula is C16H24O6. The Morgan fingerprint density at radius 2 is 1.91 bits per heavy atom. The summed E-state index contributed by atoms with van der Waals surface area (Å²) in [5.41, 5.74) is 0. The lowest BCUT2D eigenvalue weighted by molar-refractivity contribution is -0.255. The van der Waals surface area contributed by atoms with Gasteiger partial charge in [0.25, 0.3) is 0 Å². The summed E-state index contributed by atoms with van der Waals surface area (Å²) in [6.45, 7) is 3.99. The fraction of sp³-hybridized carbons (Fsp3) is 0.750. The van der Waals surface area contributed by atoms with Crippen molar-refractivity contribution in [3.63, 3.8) is 0 Å².